The lowest BCUT2D eigenvalue weighted by Crippen LogP contribution is -2.15. The van der Waals surface area contributed by atoms with Crippen LogP contribution in [-0.4, -0.2) is 15.5 Å². The number of rotatable bonds is 3. The van der Waals surface area contributed by atoms with E-state index < -0.39 is 0 Å². The zero-order chi connectivity index (χ0) is 16.6. The Morgan fingerprint density at radius 3 is 2.74 bits per heavy atom. The van der Waals surface area contributed by atoms with Gasteiger partial charge >= 0.3 is 0 Å². The molecule has 3 aromatic rings. The predicted molar refractivity (Wildman–Crippen MR) is 90.3 cm³/mol. The first kappa shape index (κ1) is 15.4. The lowest BCUT2D eigenvalue weighted by atomic mass is 10.2. The molecule has 1 aromatic carbocycles. The SMILES string of the molecule is Cc1nc(-c2cc(C(=O)Nc3ccc(C)c(F)c3)n(C)c2)cs1. The van der Waals surface area contributed by atoms with E-state index in [4.69, 9.17) is 0 Å². The van der Waals surface area contributed by atoms with Crippen molar-refractivity contribution < 1.29 is 9.18 Å². The summed E-state index contributed by atoms with van der Waals surface area (Å²) >= 11 is 1.57. The van der Waals surface area contributed by atoms with Crippen LogP contribution in [0.15, 0.2) is 35.8 Å². The highest BCUT2D eigenvalue weighted by molar-refractivity contribution is 7.09. The second-order valence-electron chi connectivity index (χ2n) is 5.39. The van der Waals surface area contributed by atoms with Gasteiger partial charge in [0.2, 0.25) is 0 Å². The Balaban J connectivity index is 1.85. The van der Waals surface area contributed by atoms with E-state index in [1.165, 1.54) is 6.07 Å². The number of carbonyl (C=O) groups excluding carboxylic acids is 1. The normalized spacial score (nSPS) is 10.8. The van der Waals surface area contributed by atoms with E-state index in [9.17, 15) is 9.18 Å². The first-order chi connectivity index (χ1) is 10.9. The van der Waals surface area contributed by atoms with Crippen molar-refractivity contribution in [2.24, 2.45) is 7.05 Å². The Bertz CT molecular complexity index is 882. The number of amides is 1. The van der Waals surface area contributed by atoms with Crippen molar-refractivity contribution in [2.45, 2.75) is 13.8 Å². The third-order valence-corrected chi connectivity index (χ3v) is 4.36. The predicted octanol–water partition coefficient (Wildman–Crippen LogP) is 4.16. The fourth-order valence-electron chi connectivity index (χ4n) is 2.29. The first-order valence-corrected chi connectivity index (χ1v) is 7.98. The van der Waals surface area contributed by atoms with Crippen LogP contribution in [0, 0.1) is 19.7 Å². The molecule has 0 fully saturated rings. The van der Waals surface area contributed by atoms with Gasteiger partial charge in [-0.3, -0.25) is 4.79 Å². The number of nitrogens with one attached hydrogen (secondary N) is 1. The number of carbonyl (C=O) groups is 1. The van der Waals surface area contributed by atoms with E-state index in [0.717, 1.165) is 16.3 Å². The van der Waals surface area contributed by atoms with Crippen LogP contribution in [0.2, 0.25) is 0 Å². The Labute approximate surface area is 137 Å². The Hall–Kier alpha value is -2.47. The Kier molecular flexibility index (Phi) is 4.00. The topological polar surface area (TPSA) is 46.9 Å². The highest BCUT2D eigenvalue weighted by atomic mass is 32.1. The van der Waals surface area contributed by atoms with Gasteiger partial charge in [-0.05, 0) is 37.6 Å². The molecule has 1 N–H and O–H groups in total. The molecule has 6 heteroatoms. The highest BCUT2D eigenvalue weighted by Crippen LogP contribution is 2.24. The summed E-state index contributed by atoms with van der Waals surface area (Å²) in [5, 5.41) is 5.66. The van der Waals surface area contributed by atoms with Gasteiger partial charge in [-0.25, -0.2) is 9.37 Å². The molecule has 3 rings (SSSR count). The third-order valence-electron chi connectivity index (χ3n) is 3.58. The Morgan fingerprint density at radius 2 is 2.09 bits per heavy atom. The van der Waals surface area contributed by atoms with Crippen LogP contribution in [0.4, 0.5) is 10.1 Å². The summed E-state index contributed by atoms with van der Waals surface area (Å²) in [5.74, 6) is -0.623. The molecule has 0 atom stereocenters. The van der Waals surface area contributed by atoms with Crippen molar-refractivity contribution in [1.29, 1.82) is 0 Å². The molecule has 0 unspecified atom stereocenters. The van der Waals surface area contributed by atoms with Crippen molar-refractivity contribution in [3.63, 3.8) is 0 Å². The van der Waals surface area contributed by atoms with Gasteiger partial charge < -0.3 is 9.88 Å². The molecule has 0 spiro atoms. The summed E-state index contributed by atoms with van der Waals surface area (Å²) in [6.45, 7) is 3.62. The maximum atomic E-state index is 13.6. The van der Waals surface area contributed by atoms with Gasteiger partial charge in [0.15, 0.2) is 0 Å². The van der Waals surface area contributed by atoms with Crippen LogP contribution >= 0.6 is 11.3 Å². The minimum absolute atomic E-state index is 0.283. The standard InChI is InChI=1S/C17H16FN3OS/c1-10-4-5-13(7-14(10)18)20-17(22)16-6-12(8-21(16)3)15-9-23-11(2)19-15/h4-9H,1-3H3,(H,20,22). The molecular weight excluding hydrogens is 313 g/mol. The van der Waals surface area contributed by atoms with Crippen LogP contribution in [0.25, 0.3) is 11.3 Å². The summed E-state index contributed by atoms with van der Waals surface area (Å²) in [6.07, 6.45) is 1.86. The average molecular weight is 329 g/mol. The quantitative estimate of drug-likeness (QED) is 0.784. The average Bonchev–Trinajstić information content (AvgIpc) is 3.09. The van der Waals surface area contributed by atoms with Gasteiger partial charge in [-0.2, -0.15) is 0 Å². The molecule has 0 bridgehead atoms. The molecule has 0 saturated heterocycles. The van der Waals surface area contributed by atoms with E-state index >= 15 is 0 Å². The number of anilines is 1. The highest BCUT2D eigenvalue weighted by Gasteiger charge is 2.14. The third kappa shape index (κ3) is 3.17. The lowest BCUT2D eigenvalue weighted by molar-refractivity contribution is 0.101. The molecule has 23 heavy (non-hydrogen) atoms. The number of hydrogen-bond donors (Lipinski definition) is 1. The largest absolute Gasteiger partial charge is 0.346 e. The number of nitrogens with zero attached hydrogens (tertiary/aromatic N) is 2. The fourth-order valence-corrected chi connectivity index (χ4v) is 2.91. The van der Waals surface area contributed by atoms with Crippen LogP contribution in [0.1, 0.15) is 21.1 Å². The maximum Gasteiger partial charge on any atom is 0.272 e. The van der Waals surface area contributed by atoms with Crippen molar-refractivity contribution in [3.8, 4) is 11.3 Å². The van der Waals surface area contributed by atoms with Gasteiger partial charge in [-0.1, -0.05) is 6.07 Å². The van der Waals surface area contributed by atoms with Crippen molar-refractivity contribution in [1.82, 2.24) is 9.55 Å². The minimum atomic E-state index is -0.340. The molecule has 0 aliphatic rings. The van der Waals surface area contributed by atoms with Crippen LogP contribution in [-0.2, 0) is 7.05 Å². The second-order valence-corrected chi connectivity index (χ2v) is 6.46. The molecule has 0 aliphatic heterocycles. The fraction of sp³-hybridized carbons (Fsp3) is 0.176. The molecule has 2 heterocycles. The van der Waals surface area contributed by atoms with Crippen LogP contribution < -0.4 is 5.32 Å². The number of hydrogen-bond acceptors (Lipinski definition) is 3. The van der Waals surface area contributed by atoms with E-state index in [-0.39, 0.29) is 11.7 Å². The van der Waals surface area contributed by atoms with Gasteiger partial charge in [-0.15, -0.1) is 11.3 Å². The number of halogens is 1. The molecule has 4 nitrogen and oxygen atoms in total. The monoisotopic (exact) mass is 329 g/mol. The smallest absolute Gasteiger partial charge is 0.272 e. The second kappa shape index (κ2) is 5.96. The molecular formula is C17H16FN3OS. The van der Waals surface area contributed by atoms with Gasteiger partial charge in [0.1, 0.15) is 11.5 Å². The summed E-state index contributed by atoms with van der Waals surface area (Å²) in [4.78, 5) is 16.8. The Morgan fingerprint density at radius 1 is 1.30 bits per heavy atom. The zero-order valence-electron chi connectivity index (χ0n) is 13.1. The van der Waals surface area contributed by atoms with Crippen molar-refractivity contribution in [2.75, 3.05) is 5.32 Å². The number of benzene rings is 1. The molecule has 118 valence electrons. The minimum Gasteiger partial charge on any atom is -0.346 e. The molecule has 1 amide bonds. The van der Waals surface area contributed by atoms with E-state index in [1.807, 2.05) is 18.5 Å². The molecule has 0 saturated carbocycles. The van der Waals surface area contributed by atoms with Crippen molar-refractivity contribution in [3.05, 3.63) is 57.9 Å². The summed E-state index contributed by atoms with van der Waals surface area (Å²) in [5.41, 5.74) is 3.21. The molecule has 2 aromatic heterocycles. The number of aryl methyl sites for hydroxylation is 3. The van der Waals surface area contributed by atoms with Gasteiger partial charge in [0.25, 0.3) is 5.91 Å². The van der Waals surface area contributed by atoms with Gasteiger partial charge in [0.05, 0.1) is 10.7 Å². The molecule has 0 aliphatic carbocycles. The van der Waals surface area contributed by atoms with Crippen molar-refractivity contribution >= 4 is 22.9 Å². The number of aromatic nitrogens is 2. The summed E-state index contributed by atoms with van der Waals surface area (Å²) in [6, 6.07) is 6.43. The number of thiazole rings is 1. The lowest BCUT2D eigenvalue weighted by Gasteiger charge is -2.07. The van der Waals surface area contributed by atoms with Crippen LogP contribution in [0.5, 0.6) is 0 Å². The van der Waals surface area contributed by atoms with E-state index in [2.05, 4.69) is 10.3 Å². The molecule has 0 radical (unpaired) electrons. The first-order valence-electron chi connectivity index (χ1n) is 7.10. The van der Waals surface area contributed by atoms with E-state index in [1.54, 1.807) is 48.1 Å². The van der Waals surface area contributed by atoms with Crippen LogP contribution in [0.3, 0.4) is 0 Å². The summed E-state index contributed by atoms with van der Waals surface area (Å²) in [7, 11) is 1.80. The zero-order valence-corrected chi connectivity index (χ0v) is 13.9. The van der Waals surface area contributed by atoms with E-state index in [0.29, 0.717) is 16.9 Å². The van der Waals surface area contributed by atoms with Gasteiger partial charge in [0, 0.05) is 29.9 Å². The maximum absolute atomic E-state index is 13.6. The summed E-state index contributed by atoms with van der Waals surface area (Å²) < 4.78 is 15.3.